The third-order valence-electron chi connectivity index (χ3n) is 5.59. The fourth-order valence-electron chi connectivity index (χ4n) is 3.72. The summed E-state index contributed by atoms with van der Waals surface area (Å²) in [6.45, 7) is 3.52. The number of anilines is 1. The van der Waals surface area contributed by atoms with Gasteiger partial charge in [-0.1, -0.05) is 12.1 Å². The van der Waals surface area contributed by atoms with E-state index < -0.39 is 0 Å². The molecular formula is C21H24N4O3. The Morgan fingerprint density at radius 2 is 1.93 bits per heavy atom. The van der Waals surface area contributed by atoms with Crippen molar-refractivity contribution < 1.29 is 14.6 Å². The number of aliphatic hydroxyl groups is 1. The van der Waals surface area contributed by atoms with E-state index in [0.29, 0.717) is 24.0 Å². The number of benzene rings is 1. The molecule has 0 unspecified atom stereocenters. The Morgan fingerprint density at radius 3 is 2.64 bits per heavy atom. The predicted molar refractivity (Wildman–Crippen MR) is 104 cm³/mol. The van der Waals surface area contributed by atoms with Crippen LogP contribution >= 0.6 is 0 Å². The van der Waals surface area contributed by atoms with Crippen LogP contribution in [0, 0.1) is 0 Å². The molecule has 3 heterocycles. The first-order chi connectivity index (χ1) is 13.7. The number of hydrogen-bond donors (Lipinski definition) is 1. The van der Waals surface area contributed by atoms with Crippen LogP contribution in [0.4, 0.5) is 5.69 Å². The van der Waals surface area contributed by atoms with E-state index in [0.717, 1.165) is 31.9 Å². The van der Waals surface area contributed by atoms with Crippen molar-refractivity contribution in [1.29, 1.82) is 0 Å². The van der Waals surface area contributed by atoms with Crippen molar-refractivity contribution in [2.24, 2.45) is 0 Å². The van der Waals surface area contributed by atoms with Crippen molar-refractivity contribution in [3.8, 4) is 5.75 Å². The zero-order valence-electron chi connectivity index (χ0n) is 15.7. The van der Waals surface area contributed by atoms with Gasteiger partial charge in [0, 0.05) is 32.4 Å². The van der Waals surface area contributed by atoms with Crippen LogP contribution in [0.15, 0.2) is 48.5 Å². The van der Waals surface area contributed by atoms with Crippen LogP contribution in [0.2, 0.25) is 0 Å². The molecule has 5 rings (SSSR count). The number of amides is 1. The topological polar surface area (TPSA) is 70.8 Å². The quantitative estimate of drug-likeness (QED) is 0.792. The smallest absolute Gasteiger partial charge is 0.294 e. The SMILES string of the molecule is O=C1C(Oc2ccc(C3CC3)cc2)=CCN1c1cnn(CCN2CC(O)C2)c1. The van der Waals surface area contributed by atoms with Crippen molar-refractivity contribution in [3.63, 3.8) is 0 Å². The Kier molecular flexibility index (Phi) is 4.41. The number of carbonyl (C=O) groups excluding carboxylic acids is 1. The molecule has 1 saturated carbocycles. The fourth-order valence-corrected chi connectivity index (χ4v) is 3.72. The third-order valence-corrected chi connectivity index (χ3v) is 5.59. The van der Waals surface area contributed by atoms with Gasteiger partial charge in [-0.15, -0.1) is 0 Å². The maximum absolute atomic E-state index is 12.7. The molecule has 1 saturated heterocycles. The molecule has 7 heteroatoms. The van der Waals surface area contributed by atoms with Gasteiger partial charge in [-0.3, -0.25) is 19.3 Å². The van der Waals surface area contributed by atoms with Crippen LogP contribution in [-0.4, -0.2) is 58.0 Å². The summed E-state index contributed by atoms with van der Waals surface area (Å²) in [6.07, 6.45) is 7.76. The minimum Gasteiger partial charge on any atom is -0.452 e. The second kappa shape index (κ2) is 7.07. The van der Waals surface area contributed by atoms with Crippen LogP contribution in [0.25, 0.3) is 0 Å². The second-order valence-electron chi connectivity index (χ2n) is 7.80. The maximum Gasteiger partial charge on any atom is 0.294 e. The standard InChI is InChI=1S/C21H24N4O3/c26-18-13-23(14-18)9-10-24-12-17(11-22-24)25-8-7-20(21(25)27)28-19-5-3-16(4-6-19)15-1-2-15/h3-7,11-12,15,18,26H,1-2,8-10,13-14H2. The van der Waals surface area contributed by atoms with Gasteiger partial charge in [0.05, 0.1) is 24.5 Å². The monoisotopic (exact) mass is 380 g/mol. The van der Waals surface area contributed by atoms with E-state index >= 15 is 0 Å². The van der Waals surface area contributed by atoms with Gasteiger partial charge in [0.15, 0.2) is 5.76 Å². The van der Waals surface area contributed by atoms with Gasteiger partial charge in [-0.05, 0) is 42.5 Å². The van der Waals surface area contributed by atoms with Gasteiger partial charge in [0.2, 0.25) is 0 Å². The van der Waals surface area contributed by atoms with Gasteiger partial charge < -0.3 is 9.84 Å². The molecule has 0 atom stereocenters. The van der Waals surface area contributed by atoms with E-state index in [-0.39, 0.29) is 12.0 Å². The number of carbonyl (C=O) groups is 1. The summed E-state index contributed by atoms with van der Waals surface area (Å²) in [6, 6.07) is 8.06. The lowest BCUT2D eigenvalue weighted by molar-refractivity contribution is -0.116. The predicted octanol–water partition coefficient (Wildman–Crippen LogP) is 1.75. The van der Waals surface area contributed by atoms with Crippen LogP contribution in [0.1, 0.15) is 24.3 Å². The highest BCUT2D eigenvalue weighted by atomic mass is 16.5. The number of β-amino-alcohol motifs (C(OH)–C–C–N with tert-alkyl or cyclic N) is 1. The van der Waals surface area contributed by atoms with E-state index in [4.69, 9.17) is 4.74 Å². The molecule has 1 aromatic carbocycles. The molecular weight excluding hydrogens is 356 g/mol. The molecule has 1 aliphatic carbocycles. The molecule has 2 aliphatic heterocycles. The van der Waals surface area contributed by atoms with E-state index in [2.05, 4.69) is 22.1 Å². The zero-order valence-corrected chi connectivity index (χ0v) is 15.7. The number of likely N-dealkylation sites (tertiary alicyclic amines) is 1. The lowest BCUT2D eigenvalue weighted by Crippen LogP contribution is -2.51. The molecule has 0 bridgehead atoms. The Morgan fingerprint density at radius 1 is 1.14 bits per heavy atom. The minimum atomic E-state index is -0.190. The first-order valence-corrected chi connectivity index (χ1v) is 9.88. The van der Waals surface area contributed by atoms with Crippen LogP contribution in [0.3, 0.4) is 0 Å². The van der Waals surface area contributed by atoms with Gasteiger partial charge in [0.1, 0.15) is 5.75 Å². The number of hydrogen-bond acceptors (Lipinski definition) is 5. The molecule has 3 aliphatic rings. The average Bonchev–Trinajstić information content (AvgIpc) is 3.32. The molecule has 7 nitrogen and oxygen atoms in total. The van der Waals surface area contributed by atoms with E-state index in [9.17, 15) is 9.90 Å². The molecule has 2 fully saturated rings. The summed E-state index contributed by atoms with van der Waals surface area (Å²) in [5, 5.41) is 13.7. The first kappa shape index (κ1) is 17.5. The number of rotatable bonds is 7. The summed E-state index contributed by atoms with van der Waals surface area (Å²) in [7, 11) is 0. The lowest BCUT2D eigenvalue weighted by Gasteiger charge is -2.35. The Hall–Kier alpha value is -2.64. The first-order valence-electron chi connectivity index (χ1n) is 9.88. The second-order valence-corrected chi connectivity index (χ2v) is 7.80. The average molecular weight is 380 g/mol. The molecule has 1 amide bonds. The maximum atomic E-state index is 12.7. The number of aromatic nitrogens is 2. The summed E-state index contributed by atoms with van der Waals surface area (Å²) >= 11 is 0. The van der Waals surface area contributed by atoms with Crippen LogP contribution in [-0.2, 0) is 11.3 Å². The number of ether oxygens (including phenoxy) is 1. The molecule has 0 spiro atoms. The Bertz CT molecular complexity index is 895. The normalized spacial score (nSPS) is 20.4. The summed E-state index contributed by atoms with van der Waals surface area (Å²) in [4.78, 5) is 16.6. The van der Waals surface area contributed by atoms with E-state index in [1.807, 2.05) is 29.1 Å². The van der Waals surface area contributed by atoms with E-state index in [1.165, 1.54) is 18.4 Å². The lowest BCUT2D eigenvalue weighted by atomic mass is 10.1. The number of aliphatic hydroxyl groups excluding tert-OH is 1. The molecule has 0 radical (unpaired) electrons. The Balaban J connectivity index is 1.17. The zero-order chi connectivity index (χ0) is 19.1. The van der Waals surface area contributed by atoms with Crippen molar-refractivity contribution in [2.45, 2.75) is 31.4 Å². The van der Waals surface area contributed by atoms with Crippen molar-refractivity contribution >= 4 is 11.6 Å². The largest absolute Gasteiger partial charge is 0.452 e. The van der Waals surface area contributed by atoms with Crippen LogP contribution in [0.5, 0.6) is 5.75 Å². The van der Waals surface area contributed by atoms with E-state index in [1.54, 1.807) is 11.1 Å². The van der Waals surface area contributed by atoms with Crippen LogP contribution < -0.4 is 9.64 Å². The van der Waals surface area contributed by atoms with Gasteiger partial charge in [-0.25, -0.2) is 0 Å². The fraction of sp³-hybridized carbons (Fsp3) is 0.429. The summed E-state index contributed by atoms with van der Waals surface area (Å²) in [5.41, 5.74) is 2.12. The van der Waals surface area contributed by atoms with Gasteiger partial charge in [0.25, 0.3) is 5.91 Å². The highest BCUT2D eigenvalue weighted by molar-refractivity contribution is 6.07. The molecule has 1 N–H and O–H groups in total. The summed E-state index contributed by atoms with van der Waals surface area (Å²) in [5.74, 6) is 1.62. The van der Waals surface area contributed by atoms with Crippen molar-refractivity contribution in [2.75, 3.05) is 31.1 Å². The molecule has 146 valence electrons. The molecule has 1 aromatic heterocycles. The minimum absolute atomic E-state index is 0.142. The van der Waals surface area contributed by atoms with Crippen molar-refractivity contribution in [3.05, 3.63) is 54.1 Å². The van der Waals surface area contributed by atoms with Gasteiger partial charge in [-0.2, -0.15) is 5.10 Å². The Labute approximate surface area is 163 Å². The summed E-state index contributed by atoms with van der Waals surface area (Å²) < 4.78 is 7.66. The molecule has 28 heavy (non-hydrogen) atoms. The number of nitrogens with zero attached hydrogens (tertiary/aromatic N) is 4. The van der Waals surface area contributed by atoms with Gasteiger partial charge >= 0.3 is 0 Å². The highest BCUT2D eigenvalue weighted by Crippen LogP contribution is 2.40. The highest BCUT2D eigenvalue weighted by Gasteiger charge is 2.29. The third kappa shape index (κ3) is 3.55. The molecule has 2 aromatic rings. The van der Waals surface area contributed by atoms with Crippen molar-refractivity contribution in [1.82, 2.24) is 14.7 Å².